The van der Waals surface area contributed by atoms with Gasteiger partial charge in [0.25, 0.3) is 0 Å². The lowest BCUT2D eigenvalue weighted by molar-refractivity contribution is -0.161. The van der Waals surface area contributed by atoms with E-state index < -0.39 is 32.5 Å². The third-order valence-corrected chi connectivity index (χ3v) is 6.67. The predicted octanol–water partition coefficient (Wildman–Crippen LogP) is 5.38. The van der Waals surface area contributed by atoms with Crippen molar-refractivity contribution in [2.45, 2.75) is 123 Å². The van der Waals surface area contributed by atoms with E-state index in [1.807, 2.05) is 0 Å². The monoisotopic (exact) mass is 551 g/mol. The number of rotatable bonds is 26. The van der Waals surface area contributed by atoms with Crippen molar-refractivity contribution in [2.24, 2.45) is 5.73 Å². The van der Waals surface area contributed by atoms with Gasteiger partial charge in [-0.25, -0.2) is 4.57 Å². The molecule has 0 fully saturated rings. The summed E-state index contributed by atoms with van der Waals surface area (Å²) in [5.74, 6) is -1.32. The highest BCUT2D eigenvalue weighted by Crippen LogP contribution is 2.43. The maximum atomic E-state index is 12.1. The second kappa shape index (κ2) is 23.8. The summed E-state index contributed by atoms with van der Waals surface area (Å²) in [5, 5.41) is 0. The van der Waals surface area contributed by atoms with E-state index in [2.05, 4.69) is 11.4 Å². The topological polar surface area (TPSA) is 151 Å². The van der Waals surface area contributed by atoms with Gasteiger partial charge in [-0.3, -0.25) is 18.6 Å². The summed E-state index contributed by atoms with van der Waals surface area (Å²) in [6.45, 7) is 2.56. The van der Waals surface area contributed by atoms with Crippen LogP contribution >= 0.6 is 7.82 Å². The lowest BCUT2D eigenvalue weighted by atomic mass is 10.0. The molecule has 0 rings (SSSR count). The summed E-state index contributed by atoms with van der Waals surface area (Å²) in [5.41, 5.74) is 5.24. The quantitative estimate of drug-likeness (QED) is 0.0813. The van der Waals surface area contributed by atoms with E-state index in [1.54, 1.807) is 0 Å². The molecule has 218 valence electrons. The van der Waals surface area contributed by atoms with Gasteiger partial charge >= 0.3 is 19.8 Å². The van der Waals surface area contributed by atoms with Gasteiger partial charge in [0.2, 0.25) is 0 Å². The van der Waals surface area contributed by atoms with Crippen molar-refractivity contribution in [3.05, 3.63) is 0 Å². The van der Waals surface area contributed by atoms with Crippen molar-refractivity contribution >= 4 is 25.5 Å². The molecule has 0 heterocycles. The zero-order valence-electron chi connectivity index (χ0n) is 23.0. The van der Waals surface area contributed by atoms with Gasteiger partial charge < -0.3 is 24.9 Å². The first-order valence-corrected chi connectivity index (χ1v) is 15.4. The van der Waals surface area contributed by atoms with E-state index >= 15 is 0 Å². The average molecular weight is 552 g/mol. The lowest BCUT2D eigenvalue weighted by Gasteiger charge is -2.19. The highest BCUT2D eigenvalue weighted by Gasteiger charge is 2.26. The van der Waals surface area contributed by atoms with E-state index in [4.69, 9.17) is 19.7 Å². The molecule has 0 aromatic heterocycles. The lowest BCUT2D eigenvalue weighted by Crippen LogP contribution is -2.29. The summed E-state index contributed by atoms with van der Waals surface area (Å²) >= 11 is 0. The third-order valence-electron chi connectivity index (χ3n) is 5.69. The Kier molecular flexibility index (Phi) is 22.9. The molecule has 0 saturated carbocycles. The minimum Gasteiger partial charge on any atom is -0.462 e. The van der Waals surface area contributed by atoms with Crippen molar-refractivity contribution in [1.29, 1.82) is 0 Å². The molecule has 0 aliphatic carbocycles. The number of hydrogen-bond donors (Lipinski definition) is 2. The molecule has 0 aliphatic rings. The number of esters is 2. The number of carbonyl (C=O) groups is 3. The number of phosphoric acid groups is 1. The Balaban J connectivity index is 4.14. The Bertz CT molecular complexity index is 660. The molecular formula is C26H50NO9P. The number of unbranched alkanes of at least 4 members (excludes halogenated alkanes) is 12. The first-order valence-electron chi connectivity index (χ1n) is 13.9. The number of ether oxygens (including phenoxy) is 2. The first kappa shape index (κ1) is 35.7. The Morgan fingerprint density at radius 3 is 1.81 bits per heavy atom. The molecule has 0 aliphatic heterocycles. The number of carbonyl (C=O) groups excluding carboxylic acids is 3. The van der Waals surface area contributed by atoms with E-state index in [0.29, 0.717) is 6.42 Å². The zero-order chi connectivity index (χ0) is 27.8. The van der Waals surface area contributed by atoms with Crippen LogP contribution in [0.2, 0.25) is 0 Å². The van der Waals surface area contributed by atoms with Crippen LogP contribution in [0.25, 0.3) is 0 Å². The Morgan fingerprint density at radius 2 is 1.30 bits per heavy atom. The summed E-state index contributed by atoms with van der Waals surface area (Å²) in [4.78, 5) is 44.8. The normalized spacial score (nSPS) is 13.6. The van der Waals surface area contributed by atoms with Crippen molar-refractivity contribution in [2.75, 3.05) is 26.4 Å². The third kappa shape index (κ3) is 24.8. The van der Waals surface area contributed by atoms with Crippen LogP contribution in [0.3, 0.4) is 0 Å². The van der Waals surface area contributed by atoms with Crippen LogP contribution in [-0.4, -0.2) is 55.1 Å². The number of phosphoric ester groups is 1. The molecule has 0 saturated heterocycles. The summed E-state index contributed by atoms with van der Waals surface area (Å²) in [7, 11) is -4.39. The van der Waals surface area contributed by atoms with Crippen molar-refractivity contribution in [3.8, 4) is 0 Å². The molecule has 37 heavy (non-hydrogen) atoms. The largest absolute Gasteiger partial charge is 0.472 e. The molecule has 2 atom stereocenters. The molecule has 0 amide bonds. The summed E-state index contributed by atoms with van der Waals surface area (Å²) in [6.07, 6.45) is 14.6. The fraction of sp³-hybridized carbons (Fsp3) is 0.885. The van der Waals surface area contributed by atoms with Crippen molar-refractivity contribution in [1.82, 2.24) is 0 Å². The van der Waals surface area contributed by atoms with Crippen LogP contribution in [0.1, 0.15) is 117 Å². The van der Waals surface area contributed by atoms with Crippen LogP contribution in [0.4, 0.5) is 0 Å². The molecule has 0 radical (unpaired) electrons. The van der Waals surface area contributed by atoms with Gasteiger partial charge in [-0.1, -0.05) is 84.0 Å². The highest BCUT2D eigenvalue weighted by molar-refractivity contribution is 7.47. The number of hydrogen-bond acceptors (Lipinski definition) is 9. The number of ketones is 1. The minimum absolute atomic E-state index is 0.00332. The van der Waals surface area contributed by atoms with Gasteiger partial charge in [0.15, 0.2) is 6.10 Å². The van der Waals surface area contributed by atoms with E-state index in [-0.39, 0.29) is 44.8 Å². The van der Waals surface area contributed by atoms with Crippen LogP contribution in [0.5, 0.6) is 0 Å². The molecule has 1 unspecified atom stereocenters. The average Bonchev–Trinajstić information content (AvgIpc) is 2.86. The molecule has 0 aromatic rings. The molecule has 0 bridgehead atoms. The van der Waals surface area contributed by atoms with Crippen molar-refractivity contribution in [3.63, 3.8) is 0 Å². The smallest absolute Gasteiger partial charge is 0.462 e. The fourth-order valence-electron chi connectivity index (χ4n) is 3.57. The molecule has 0 aromatic carbocycles. The molecule has 11 heteroatoms. The maximum Gasteiger partial charge on any atom is 0.472 e. The SMILES string of the molecule is CCCCCCCCCCCCCCCC(=O)OC[C@H](COP(=O)(O)OCCN)OC(=O)CCC(C)=O. The maximum absolute atomic E-state index is 12.1. The Hall–Kier alpha value is -1.32. The van der Waals surface area contributed by atoms with Crippen molar-refractivity contribution < 1.29 is 42.4 Å². The van der Waals surface area contributed by atoms with Gasteiger partial charge in [-0.05, 0) is 13.3 Å². The Labute approximate surface area is 222 Å². The van der Waals surface area contributed by atoms with Crippen LogP contribution in [0.15, 0.2) is 0 Å². The molecule has 10 nitrogen and oxygen atoms in total. The van der Waals surface area contributed by atoms with Gasteiger partial charge in [0, 0.05) is 19.4 Å². The van der Waals surface area contributed by atoms with E-state index in [1.165, 1.54) is 64.7 Å². The van der Waals surface area contributed by atoms with E-state index in [9.17, 15) is 23.8 Å². The minimum atomic E-state index is -4.39. The van der Waals surface area contributed by atoms with Gasteiger partial charge in [0.1, 0.15) is 12.4 Å². The first-order chi connectivity index (χ1) is 17.7. The standard InChI is InChI=1S/C26H50NO9P/c1-3-4-5-6-7-8-9-10-11-12-13-14-15-16-25(29)33-21-24(36-26(30)18-17-23(2)28)22-35-37(31,32)34-20-19-27/h24H,3-22,27H2,1-2H3,(H,31,32)/t24-/m1/s1. The predicted molar refractivity (Wildman–Crippen MR) is 142 cm³/mol. The second-order valence-corrected chi connectivity index (χ2v) is 10.8. The van der Waals surface area contributed by atoms with Gasteiger partial charge in [-0.15, -0.1) is 0 Å². The highest BCUT2D eigenvalue weighted by atomic mass is 31.2. The number of Topliss-reactive ketones (excluding diaryl/α,β-unsaturated/α-hetero) is 1. The Morgan fingerprint density at radius 1 is 0.757 bits per heavy atom. The van der Waals surface area contributed by atoms with Crippen LogP contribution in [-0.2, 0) is 37.5 Å². The van der Waals surface area contributed by atoms with Gasteiger partial charge in [0.05, 0.1) is 19.6 Å². The zero-order valence-corrected chi connectivity index (χ0v) is 23.9. The fourth-order valence-corrected chi connectivity index (χ4v) is 4.33. The van der Waals surface area contributed by atoms with Crippen LogP contribution < -0.4 is 5.73 Å². The van der Waals surface area contributed by atoms with E-state index in [0.717, 1.165) is 19.3 Å². The molecule has 0 spiro atoms. The molecular weight excluding hydrogens is 501 g/mol. The number of nitrogens with two attached hydrogens (primary N) is 1. The summed E-state index contributed by atoms with van der Waals surface area (Å²) < 4.78 is 31.7. The van der Waals surface area contributed by atoms with Gasteiger partial charge in [-0.2, -0.15) is 0 Å². The molecule has 3 N–H and O–H groups in total. The summed E-state index contributed by atoms with van der Waals surface area (Å²) in [6, 6.07) is 0. The van der Waals surface area contributed by atoms with Crippen LogP contribution in [0, 0.1) is 0 Å². The second-order valence-electron chi connectivity index (χ2n) is 9.38.